The van der Waals surface area contributed by atoms with E-state index in [4.69, 9.17) is 4.74 Å². The summed E-state index contributed by atoms with van der Waals surface area (Å²) in [6, 6.07) is 0. The number of ether oxygens (including phenoxy) is 1. The van der Waals surface area contributed by atoms with Gasteiger partial charge in [0.25, 0.3) is 0 Å². The summed E-state index contributed by atoms with van der Waals surface area (Å²) in [5.74, 6) is 1.95. The molecule has 5 heteroatoms. The molecular weight excluding hydrogens is 212 g/mol. The number of carbonyl (C=O) groups excluding carboxylic acids is 1. The second-order valence-electron chi connectivity index (χ2n) is 3.60. The lowest BCUT2D eigenvalue weighted by Crippen LogP contribution is -2.32. The zero-order chi connectivity index (χ0) is 10.7. The molecule has 0 aromatic carbocycles. The summed E-state index contributed by atoms with van der Waals surface area (Å²) in [6.45, 7) is 0.689. The summed E-state index contributed by atoms with van der Waals surface area (Å²) in [5, 5.41) is 4.03. The van der Waals surface area contributed by atoms with Gasteiger partial charge in [-0.2, -0.15) is 16.9 Å². The molecule has 2 rings (SSSR count). The van der Waals surface area contributed by atoms with E-state index in [2.05, 4.69) is 5.10 Å². The molecule has 82 valence electrons. The zero-order valence-corrected chi connectivity index (χ0v) is 9.50. The van der Waals surface area contributed by atoms with Gasteiger partial charge in [-0.1, -0.05) is 0 Å². The van der Waals surface area contributed by atoms with E-state index in [9.17, 15) is 4.79 Å². The van der Waals surface area contributed by atoms with Crippen molar-refractivity contribution in [3.05, 3.63) is 18.0 Å². The predicted octanol–water partition coefficient (Wildman–Crippen LogP) is 0.664. The highest BCUT2D eigenvalue weighted by Crippen LogP contribution is 2.14. The number of carbonyl (C=O) groups is 1. The van der Waals surface area contributed by atoms with E-state index in [1.165, 1.54) is 0 Å². The van der Waals surface area contributed by atoms with Gasteiger partial charge in [-0.15, -0.1) is 0 Å². The van der Waals surface area contributed by atoms with E-state index >= 15 is 0 Å². The van der Waals surface area contributed by atoms with Crippen LogP contribution in [0.4, 0.5) is 0 Å². The lowest BCUT2D eigenvalue weighted by atomic mass is 10.1. The molecule has 0 spiro atoms. The van der Waals surface area contributed by atoms with Crippen molar-refractivity contribution in [2.24, 2.45) is 7.05 Å². The Hall–Kier alpha value is -0.810. The van der Waals surface area contributed by atoms with Gasteiger partial charge in [0.1, 0.15) is 6.10 Å². The van der Waals surface area contributed by atoms with Crippen molar-refractivity contribution in [3.8, 4) is 0 Å². The van der Waals surface area contributed by atoms with Gasteiger partial charge < -0.3 is 4.74 Å². The summed E-state index contributed by atoms with van der Waals surface area (Å²) >= 11 is 1.78. The first-order chi connectivity index (χ1) is 7.25. The molecule has 0 aliphatic carbocycles. The molecule has 0 radical (unpaired) electrons. The molecule has 0 bridgehead atoms. The topological polar surface area (TPSA) is 44.1 Å². The van der Waals surface area contributed by atoms with E-state index < -0.39 is 0 Å². The fourth-order valence-corrected chi connectivity index (χ4v) is 2.43. The Morgan fingerprint density at radius 2 is 2.67 bits per heavy atom. The van der Waals surface area contributed by atoms with E-state index in [1.807, 2.05) is 13.2 Å². The maximum absolute atomic E-state index is 11.8. The highest BCUT2D eigenvalue weighted by atomic mass is 32.2. The average molecular weight is 226 g/mol. The number of thioether (sulfide) groups is 1. The van der Waals surface area contributed by atoms with Gasteiger partial charge in [0.05, 0.1) is 12.8 Å². The zero-order valence-electron chi connectivity index (χ0n) is 8.68. The van der Waals surface area contributed by atoms with E-state index in [-0.39, 0.29) is 11.9 Å². The van der Waals surface area contributed by atoms with E-state index in [1.54, 1.807) is 22.6 Å². The van der Waals surface area contributed by atoms with Gasteiger partial charge >= 0.3 is 0 Å². The Labute approximate surface area is 93.0 Å². The van der Waals surface area contributed by atoms with Crippen LogP contribution in [0.5, 0.6) is 0 Å². The molecular formula is C10H14N2O2S. The normalized spacial score (nSPS) is 21.5. The fourth-order valence-electron chi connectivity index (χ4n) is 1.55. The van der Waals surface area contributed by atoms with Crippen LogP contribution in [0.2, 0.25) is 0 Å². The summed E-state index contributed by atoms with van der Waals surface area (Å²) in [4.78, 5) is 11.8. The van der Waals surface area contributed by atoms with Crippen molar-refractivity contribution in [1.82, 2.24) is 9.78 Å². The van der Waals surface area contributed by atoms with Gasteiger partial charge in [0, 0.05) is 31.2 Å². The number of hydrogen-bond acceptors (Lipinski definition) is 4. The van der Waals surface area contributed by atoms with E-state index in [0.717, 1.165) is 17.1 Å². The van der Waals surface area contributed by atoms with Crippen LogP contribution in [0, 0.1) is 0 Å². The van der Waals surface area contributed by atoms with Crippen LogP contribution in [-0.4, -0.2) is 39.8 Å². The molecule has 2 heterocycles. The Morgan fingerprint density at radius 1 is 1.80 bits per heavy atom. The Kier molecular flexibility index (Phi) is 3.43. The molecule has 15 heavy (non-hydrogen) atoms. The second-order valence-corrected chi connectivity index (χ2v) is 4.75. The largest absolute Gasteiger partial charge is 0.369 e. The van der Waals surface area contributed by atoms with Crippen molar-refractivity contribution in [2.75, 3.05) is 18.1 Å². The number of aromatic nitrogens is 2. The number of nitrogens with zero attached hydrogens (tertiary/aromatic N) is 2. The third-order valence-electron chi connectivity index (χ3n) is 2.31. The van der Waals surface area contributed by atoms with Gasteiger partial charge in [0.15, 0.2) is 5.78 Å². The molecule has 0 N–H and O–H groups in total. The summed E-state index contributed by atoms with van der Waals surface area (Å²) in [5.41, 5.74) is 0.960. The Morgan fingerprint density at radius 3 is 3.27 bits per heavy atom. The standard InChI is InChI=1S/C10H14N2O2S/c1-12-6-8(5-11-12)4-9(13)10-7-15-3-2-14-10/h5-6,10H,2-4,7H2,1H3. The number of hydrogen-bond donors (Lipinski definition) is 0. The molecule has 1 aliphatic rings. The molecule has 1 fully saturated rings. The highest BCUT2D eigenvalue weighted by Gasteiger charge is 2.22. The number of ketones is 1. The maximum Gasteiger partial charge on any atom is 0.166 e. The number of aryl methyl sites for hydroxylation is 1. The van der Waals surface area contributed by atoms with Crippen molar-refractivity contribution in [1.29, 1.82) is 0 Å². The van der Waals surface area contributed by atoms with E-state index in [0.29, 0.717) is 13.0 Å². The van der Waals surface area contributed by atoms with Crippen molar-refractivity contribution in [3.63, 3.8) is 0 Å². The third-order valence-corrected chi connectivity index (χ3v) is 3.31. The monoisotopic (exact) mass is 226 g/mol. The number of rotatable bonds is 3. The lowest BCUT2D eigenvalue weighted by molar-refractivity contribution is -0.128. The quantitative estimate of drug-likeness (QED) is 0.759. The van der Waals surface area contributed by atoms with Crippen molar-refractivity contribution >= 4 is 17.5 Å². The molecule has 1 atom stereocenters. The van der Waals surface area contributed by atoms with Crippen LogP contribution in [-0.2, 0) is 23.0 Å². The van der Waals surface area contributed by atoms with Crippen molar-refractivity contribution in [2.45, 2.75) is 12.5 Å². The van der Waals surface area contributed by atoms with Gasteiger partial charge in [0.2, 0.25) is 0 Å². The minimum Gasteiger partial charge on any atom is -0.369 e. The molecule has 0 saturated carbocycles. The smallest absolute Gasteiger partial charge is 0.166 e. The minimum absolute atomic E-state index is 0.162. The lowest BCUT2D eigenvalue weighted by Gasteiger charge is -2.20. The third kappa shape index (κ3) is 2.82. The minimum atomic E-state index is -0.219. The molecule has 1 aromatic rings. The summed E-state index contributed by atoms with van der Waals surface area (Å²) < 4.78 is 7.13. The molecule has 1 unspecified atom stereocenters. The molecule has 0 amide bonds. The average Bonchev–Trinajstić information content (AvgIpc) is 2.65. The van der Waals surface area contributed by atoms with Crippen LogP contribution in [0.3, 0.4) is 0 Å². The number of Topliss-reactive ketones (excluding diaryl/α,β-unsaturated/α-hetero) is 1. The van der Waals surface area contributed by atoms with Crippen LogP contribution in [0.1, 0.15) is 5.56 Å². The van der Waals surface area contributed by atoms with Crippen LogP contribution in [0.25, 0.3) is 0 Å². The first-order valence-electron chi connectivity index (χ1n) is 4.95. The first-order valence-corrected chi connectivity index (χ1v) is 6.11. The maximum atomic E-state index is 11.8. The highest BCUT2D eigenvalue weighted by molar-refractivity contribution is 7.99. The van der Waals surface area contributed by atoms with Gasteiger partial charge in [-0.3, -0.25) is 9.48 Å². The Balaban J connectivity index is 1.91. The summed E-state index contributed by atoms with van der Waals surface area (Å²) in [7, 11) is 1.85. The second kappa shape index (κ2) is 4.81. The first kappa shape index (κ1) is 10.7. The summed E-state index contributed by atoms with van der Waals surface area (Å²) in [6.07, 6.45) is 3.81. The SMILES string of the molecule is Cn1cc(CC(=O)C2CSCCO2)cn1. The molecule has 1 saturated heterocycles. The van der Waals surface area contributed by atoms with Crippen LogP contribution >= 0.6 is 11.8 Å². The van der Waals surface area contributed by atoms with Crippen LogP contribution in [0.15, 0.2) is 12.4 Å². The van der Waals surface area contributed by atoms with Crippen LogP contribution < -0.4 is 0 Å². The van der Waals surface area contributed by atoms with Gasteiger partial charge in [-0.25, -0.2) is 0 Å². The molecule has 1 aliphatic heterocycles. The van der Waals surface area contributed by atoms with Gasteiger partial charge in [-0.05, 0) is 5.56 Å². The Bertz CT molecular complexity index is 345. The fraction of sp³-hybridized carbons (Fsp3) is 0.600. The predicted molar refractivity (Wildman–Crippen MR) is 59.0 cm³/mol. The molecule has 1 aromatic heterocycles. The van der Waals surface area contributed by atoms with Crippen molar-refractivity contribution < 1.29 is 9.53 Å². The molecule has 4 nitrogen and oxygen atoms in total.